The standard InChI is InChI=1S/C25H23N3O6/c1-2-11-28(13-22(29)30)24(31)23-21(34-15-27-23)12-26-25(32)33-14-20-18-9-5-3-7-16(18)17-8-4-6-10-19(17)20/h2-10,15,20H,1,11-14H2,(H,26,32)(H,29,30). The second-order valence-electron chi connectivity index (χ2n) is 7.67. The largest absolute Gasteiger partial charge is 0.480 e. The van der Waals surface area contributed by atoms with Crippen molar-refractivity contribution in [1.82, 2.24) is 15.2 Å². The number of amides is 2. The van der Waals surface area contributed by atoms with Crippen LogP contribution < -0.4 is 5.32 Å². The van der Waals surface area contributed by atoms with Crippen molar-refractivity contribution in [2.45, 2.75) is 12.5 Å². The van der Waals surface area contributed by atoms with Crippen molar-refractivity contribution in [3.8, 4) is 11.1 Å². The number of aliphatic carboxylic acids is 1. The molecular weight excluding hydrogens is 438 g/mol. The Labute approximate surface area is 195 Å². The number of fused-ring (bicyclic) bond motifs is 3. The molecule has 0 spiro atoms. The Hall–Kier alpha value is -4.40. The summed E-state index contributed by atoms with van der Waals surface area (Å²) in [5.74, 6) is -1.79. The fourth-order valence-electron chi connectivity index (χ4n) is 4.06. The van der Waals surface area contributed by atoms with Gasteiger partial charge in [0.2, 0.25) is 0 Å². The third-order valence-electron chi connectivity index (χ3n) is 5.54. The first-order valence-electron chi connectivity index (χ1n) is 10.6. The average molecular weight is 461 g/mol. The molecule has 0 aliphatic heterocycles. The van der Waals surface area contributed by atoms with Gasteiger partial charge in [0, 0.05) is 12.5 Å². The molecule has 0 bridgehead atoms. The second-order valence-corrected chi connectivity index (χ2v) is 7.67. The van der Waals surface area contributed by atoms with Gasteiger partial charge in [-0.3, -0.25) is 9.59 Å². The predicted octanol–water partition coefficient (Wildman–Crippen LogP) is 3.43. The first kappa shape index (κ1) is 22.8. The average Bonchev–Trinajstić information content (AvgIpc) is 3.43. The lowest BCUT2D eigenvalue weighted by Crippen LogP contribution is -2.36. The number of ether oxygens (including phenoxy) is 1. The lowest BCUT2D eigenvalue weighted by Gasteiger charge is -2.18. The third kappa shape index (κ3) is 4.68. The van der Waals surface area contributed by atoms with Crippen LogP contribution in [0.15, 0.2) is 72.0 Å². The zero-order valence-electron chi connectivity index (χ0n) is 18.3. The molecule has 1 aromatic heterocycles. The van der Waals surface area contributed by atoms with Crippen molar-refractivity contribution < 1.29 is 28.6 Å². The molecule has 9 nitrogen and oxygen atoms in total. The highest BCUT2D eigenvalue weighted by atomic mass is 16.5. The molecule has 3 aromatic rings. The molecule has 4 rings (SSSR count). The topological polar surface area (TPSA) is 122 Å². The van der Waals surface area contributed by atoms with Gasteiger partial charge in [0.15, 0.2) is 17.8 Å². The minimum absolute atomic E-state index is 0.0250. The van der Waals surface area contributed by atoms with Crippen LogP contribution in [0.3, 0.4) is 0 Å². The van der Waals surface area contributed by atoms with Crippen LogP contribution in [0.2, 0.25) is 0 Å². The van der Waals surface area contributed by atoms with Crippen molar-refractivity contribution >= 4 is 18.0 Å². The molecule has 2 amide bonds. The first-order valence-corrected chi connectivity index (χ1v) is 10.6. The Bertz CT molecular complexity index is 1190. The third-order valence-corrected chi connectivity index (χ3v) is 5.54. The normalized spacial score (nSPS) is 11.9. The zero-order valence-corrected chi connectivity index (χ0v) is 18.3. The number of rotatable bonds is 9. The summed E-state index contributed by atoms with van der Waals surface area (Å²) in [6, 6.07) is 16.0. The van der Waals surface area contributed by atoms with Gasteiger partial charge in [-0.2, -0.15) is 0 Å². The molecule has 1 aliphatic carbocycles. The highest BCUT2D eigenvalue weighted by molar-refractivity contribution is 5.95. The van der Waals surface area contributed by atoms with Crippen molar-refractivity contribution in [3.05, 3.63) is 90.2 Å². The van der Waals surface area contributed by atoms with Gasteiger partial charge in [0.05, 0.1) is 6.54 Å². The second kappa shape index (κ2) is 10.0. The van der Waals surface area contributed by atoms with E-state index in [-0.39, 0.29) is 37.1 Å². The molecule has 0 unspecified atom stereocenters. The van der Waals surface area contributed by atoms with E-state index in [1.807, 2.05) is 36.4 Å². The van der Waals surface area contributed by atoms with Crippen LogP contribution >= 0.6 is 0 Å². The van der Waals surface area contributed by atoms with E-state index in [1.54, 1.807) is 0 Å². The number of hydrogen-bond acceptors (Lipinski definition) is 6. The monoisotopic (exact) mass is 461 g/mol. The number of alkyl carbamates (subject to hydrolysis) is 1. The fourth-order valence-corrected chi connectivity index (χ4v) is 4.06. The molecule has 0 saturated carbocycles. The maximum atomic E-state index is 12.7. The number of oxazole rings is 1. The van der Waals surface area contributed by atoms with E-state index in [2.05, 4.69) is 29.0 Å². The van der Waals surface area contributed by atoms with Gasteiger partial charge in [-0.05, 0) is 22.3 Å². The summed E-state index contributed by atoms with van der Waals surface area (Å²) in [4.78, 5) is 41.1. The Morgan fingerprint density at radius 3 is 2.38 bits per heavy atom. The highest BCUT2D eigenvalue weighted by Gasteiger charge is 2.29. The molecule has 2 aromatic carbocycles. The summed E-state index contributed by atoms with van der Waals surface area (Å²) < 4.78 is 10.7. The van der Waals surface area contributed by atoms with Gasteiger partial charge in [0.25, 0.3) is 5.91 Å². The fraction of sp³-hybridized carbons (Fsp3) is 0.200. The molecule has 0 radical (unpaired) electrons. The van der Waals surface area contributed by atoms with Crippen LogP contribution in [0.5, 0.6) is 0 Å². The molecule has 1 aliphatic rings. The van der Waals surface area contributed by atoms with Gasteiger partial charge in [-0.25, -0.2) is 9.78 Å². The number of carboxylic acid groups (broad SMARTS) is 1. The van der Waals surface area contributed by atoms with Crippen LogP contribution in [0, 0.1) is 0 Å². The number of aromatic nitrogens is 1. The maximum absolute atomic E-state index is 12.7. The van der Waals surface area contributed by atoms with Crippen LogP contribution in [-0.4, -0.2) is 52.7 Å². The summed E-state index contributed by atoms with van der Waals surface area (Å²) in [6.07, 6.45) is 1.80. The van der Waals surface area contributed by atoms with Crippen LogP contribution in [0.1, 0.15) is 33.3 Å². The summed E-state index contributed by atoms with van der Waals surface area (Å²) in [7, 11) is 0. The Morgan fingerprint density at radius 1 is 1.12 bits per heavy atom. The van der Waals surface area contributed by atoms with Gasteiger partial charge >= 0.3 is 12.1 Å². The Morgan fingerprint density at radius 2 is 1.76 bits per heavy atom. The van der Waals surface area contributed by atoms with E-state index in [1.165, 1.54) is 6.08 Å². The molecule has 0 fully saturated rings. The van der Waals surface area contributed by atoms with Crippen LogP contribution in [-0.2, 0) is 16.1 Å². The number of nitrogens with zero attached hydrogens (tertiary/aromatic N) is 2. The lowest BCUT2D eigenvalue weighted by molar-refractivity contribution is -0.137. The first-order chi connectivity index (χ1) is 16.5. The molecule has 9 heteroatoms. The molecule has 174 valence electrons. The summed E-state index contributed by atoms with van der Waals surface area (Å²) >= 11 is 0. The number of benzene rings is 2. The molecule has 0 saturated heterocycles. The van der Waals surface area contributed by atoms with Gasteiger partial charge in [0.1, 0.15) is 13.2 Å². The number of carboxylic acids is 1. The molecule has 34 heavy (non-hydrogen) atoms. The Balaban J connectivity index is 1.38. The summed E-state index contributed by atoms with van der Waals surface area (Å²) in [5.41, 5.74) is 4.37. The zero-order chi connectivity index (χ0) is 24.1. The Kier molecular flexibility index (Phi) is 6.72. The minimum Gasteiger partial charge on any atom is -0.480 e. The quantitative estimate of drug-likeness (QED) is 0.468. The van der Waals surface area contributed by atoms with Gasteiger partial charge < -0.3 is 24.5 Å². The highest BCUT2D eigenvalue weighted by Crippen LogP contribution is 2.44. The van der Waals surface area contributed by atoms with E-state index in [0.717, 1.165) is 33.5 Å². The van der Waals surface area contributed by atoms with Crippen molar-refractivity contribution in [1.29, 1.82) is 0 Å². The van der Waals surface area contributed by atoms with E-state index >= 15 is 0 Å². The molecular formula is C25H23N3O6. The van der Waals surface area contributed by atoms with Crippen molar-refractivity contribution in [2.75, 3.05) is 19.7 Å². The maximum Gasteiger partial charge on any atom is 0.407 e. The minimum atomic E-state index is -1.17. The van der Waals surface area contributed by atoms with Crippen LogP contribution in [0.25, 0.3) is 11.1 Å². The number of nitrogens with one attached hydrogen (secondary N) is 1. The van der Waals surface area contributed by atoms with E-state index in [4.69, 9.17) is 14.3 Å². The van der Waals surface area contributed by atoms with Crippen molar-refractivity contribution in [2.24, 2.45) is 0 Å². The molecule has 0 atom stereocenters. The van der Waals surface area contributed by atoms with Gasteiger partial charge in [-0.15, -0.1) is 6.58 Å². The van der Waals surface area contributed by atoms with E-state index in [9.17, 15) is 14.4 Å². The molecule has 2 N–H and O–H groups in total. The van der Waals surface area contributed by atoms with Crippen molar-refractivity contribution in [3.63, 3.8) is 0 Å². The molecule has 1 heterocycles. The van der Waals surface area contributed by atoms with E-state index < -0.39 is 24.5 Å². The van der Waals surface area contributed by atoms with Crippen LogP contribution in [0.4, 0.5) is 4.79 Å². The number of carbonyl (C=O) groups excluding carboxylic acids is 2. The van der Waals surface area contributed by atoms with Gasteiger partial charge in [-0.1, -0.05) is 54.6 Å². The lowest BCUT2D eigenvalue weighted by atomic mass is 9.98. The predicted molar refractivity (Wildman–Crippen MR) is 122 cm³/mol. The number of hydrogen-bond donors (Lipinski definition) is 2. The summed E-state index contributed by atoms with van der Waals surface area (Å²) in [5, 5.41) is 11.6. The number of carbonyl (C=O) groups is 3. The smallest absolute Gasteiger partial charge is 0.407 e. The SMILES string of the molecule is C=CCN(CC(=O)O)C(=O)c1ncoc1CNC(=O)OCC1c2ccccc2-c2ccccc21. The summed E-state index contributed by atoms with van der Waals surface area (Å²) in [6.45, 7) is 3.04. The van der Waals surface area contributed by atoms with E-state index in [0.29, 0.717) is 0 Å².